The molecule has 2 aromatic rings. The molecule has 3 rings (SSSR count). The number of carbonyl (C=O) groups excluding carboxylic acids is 2. The van der Waals surface area contributed by atoms with Crippen LogP contribution in [0.15, 0.2) is 53.4 Å². The van der Waals surface area contributed by atoms with Crippen LogP contribution in [0.1, 0.15) is 42.6 Å². The molecule has 1 fully saturated rings. The molecule has 190 valence electrons. The van der Waals surface area contributed by atoms with Gasteiger partial charge in [0.05, 0.1) is 12.0 Å². The summed E-state index contributed by atoms with van der Waals surface area (Å²) in [5.74, 6) is -0.0150. The highest BCUT2D eigenvalue weighted by Crippen LogP contribution is 2.27. The van der Waals surface area contributed by atoms with Crippen molar-refractivity contribution in [2.24, 2.45) is 5.92 Å². The Kier molecular flexibility index (Phi) is 8.91. The van der Waals surface area contributed by atoms with E-state index < -0.39 is 16.1 Å². The minimum atomic E-state index is -3.61. The average Bonchev–Trinajstić information content (AvgIpc) is 2.88. The van der Waals surface area contributed by atoms with E-state index in [9.17, 15) is 18.0 Å². The van der Waals surface area contributed by atoms with Crippen molar-refractivity contribution < 1.29 is 22.7 Å². The number of amides is 2. The van der Waals surface area contributed by atoms with Crippen molar-refractivity contribution in [1.29, 1.82) is 0 Å². The number of aryl methyl sites for hydroxylation is 1. The summed E-state index contributed by atoms with van der Waals surface area (Å²) < 4.78 is 32.8. The first-order chi connectivity index (χ1) is 16.7. The molecule has 0 radical (unpaired) electrons. The second kappa shape index (κ2) is 11.7. The van der Waals surface area contributed by atoms with Gasteiger partial charge in [0.2, 0.25) is 15.9 Å². The zero-order valence-electron chi connectivity index (χ0n) is 20.9. The van der Waals surface area contributed by atoms with Crippen LogP contribution in [0.5, 0.6) is 5.75 Å². The second-order valence-electron chi connectivity index (χ2n) is 8.74. The summed E-state index contributed by atoms with van der Waals surface area (Å²) in [5, 5.41) is 2.94. The molecule has 1 aliphatic rings. The Labute approximate surface area is 208 Å². The molecule has 0 bridgehead atoms. The first kappa shape index (κ1) is 26.7. The number of nitrogens with zero attached hydrogens (tertiary/aromatic N) is 2. The largest absolute Gasteiger partial charge is 0.497 e. The Balaban J connectivity index is 1.76. The summed E-state index contributed by atoms with van der Waals surface area (Å²) in [4.78, 5) is 28.3. The van der Waals surface area contributed by atoms with Crippen LogP contribution >= 0.6 is 0 Å². The normalized spacial score (nSPS) is 15.9. The number of piperidine rings is 1. The van der Waals surface area contributed by atoms with Gasteiger partial charge in [0.1, 0.15) is 11.8 Å². The molecule has 9 heteroatoms. The Morgan fingerprint density at radius 3 is 2.11 bits per heavy atom. The van der Waals surface area contributed by atoms with Gasteiger partial charge in [0.25, 0.3) is 5.91 Å². The second-order valence-corrected chi connectivity index (χ2v) is 10.7. The van der Waals surface area contributed by atoms with Gasteiger partial charge in [-0.3, -0.25) is 9.59 Å². The predicted octanol–water partition coefficient (Wildman–Crippen LogP) is 3.07. The predicted molar refractivity (Wildman–Crippen MR) is 135 cm³/mol. The monoisotopic (exact) mass is 501 g/mol. The maximum absolute atomic E-state index is 13.4. The van der Waals surface area contributed by atoms with E-state index in [0.717, 1.165) is 5.56 Å². The molecule has 1 aliphatic heterocycles. The minimum absolute atomic E-state index is 0.142. The van der Waals surface area contributed by atoms with Crippen molar-refractivity contribution >= 4 is 21.8 Å². The Bertz CT molecular complexity index is 1100. The van der Waals surface area contributed by atoms with E-state index in [1.54, 1.807) is 60.5 Å². The fraction of sp³-hybridized carbons (Fsp3) is 0.462. The Morgan fingerprint density at radius 1 is 1.03 bits per heavy atom. The van der Waals surface area contributed by atoms with Gasteiger partial charge in [-0.1, -0.05) is 17.7 Å². The summed E-state index contributed by atoms with van der Waals surface area (Å²) in [5.41, 5.74) is 1.43. The van der Waals surface area contributed by atoms with Crippen molar-refractivity contribution in [3.05, 3.63) is 59.7 Å². The average molecular weight is 502 g/mol. The van der Waals surface area contributed by atoms with Gasteiger partial charge in [-0.25, -0.2) is 8.42 Å². The molecular weight excluding hydrogens is 466 g/mol. The van der Waals surface area contributed by atoms with Gasteiger partial charge in [-0.15, -0.1) is 0 Å². The topological polar surface area (TPSA) is 96.0 Å². The van der Waals surface area contributed by atoms with Crippen LogP contribution in [0.2, 0.25) is 0 Å². The number of rotatable bonds is 9. The molecule has 0 aromatic heterocycles. The van der Waals surface area contributed by atoms with E-state index in [4.69, 9.17) is 4.74 Å². The lowest BCUT2D eigenvalue weighted by molar-refractivity contribution is -0.134. The molecule has 2 amide bonds. The number of benzene rings is 2. The standard InChI is InChI=1S/C26H35N3O5S/c1-5-28(6-2)26(31)24(27-25(30)21-9-11-22(34-4)12-10-21)20-15-17-29(18-16-20)35(32,33)23-13-7-19(3)8-14-23/h7-14,20,24H,5-6,15-18H2,1-4H3,(H,27,30). The third kappa shape index (κ3) is 6.21. The van der Waals surface area contributed by atoms with Crippen molar-refractivity contribution in [1.82, 2.24) is 14.5 Å². The van der Waals surface area contributed by atoms with Gasteiger partial charge in [-0.05, 0) is 75.9 Å². The van der Waals surface area contributed by atoms with E-state index in [2.05, 4.69) is 5.32 Å². The zero-order valence-corrected chi connectivity index (χ0v) is 21.7. The van der Waals surface area contributed by atoms with Crippen molar-refractivity contribution in [3.8, 4) is 5.75 Å². The number of methoxy groups -OCH3 is 1. The van der Waals surface area contributed by atoms with E-state index >= 15 is 0 Å². The molecule has 1 saturated heterocycles. The van der Waals surface area contributed by atoms with Gasteiger partial charge in [0.15, 0.2) is 0 Å². The van der Waals surface area contributed by atoms with Crippen LogP contribution < -0.4 is 10.1 Å². The molecule has 2 aromatic carbocycles. The van der Waals surface area contributed by atoms with Gasteiger partial charge >= 0.3 is 0 Å². The lowest BCUT2D eigenvalue weighted by Gasteiger charge is -2.37. The lowest BCUT2D eigenvalue weighted by Crippen LogP contribution is -2.54. The summed E-state index contributed by atoms with van der Waals surface area (Å²) >= 11 is 0. The highest BCUT2D eigenvalue weighted by Gasteiger charge is 2.37. The Morgan fingerprint density at radius 2 is 1.60 bits per heavy atom. The van der Waals surface area contributed by atoms with Crippen LogP contribution in [-0.4, -0.2) is 68.8 Å². The van der Waals surface area contributed by atoms with Crippen LogP contribution in [0.25, 0.3) is 0 Å². The van der Waals surface area contributed by atoms with Crippen LogP contribution in [0.4, 0.5) is 0 Å². The fourth-order valence-corrected chi connectivity index (χ4v) is 5.86. The highest BCUT2D eigenvalue weighted by atomic mass is 32.2. The van der Waals surface area contributed by atoms with E-state index in [0.29, 0.717) is 50.3 Å². The number of carbonyl (C=O) groups is 2. The van der Waals surface area contributed by atoms with Crippen LogP contribution in [-0.2, 0) is 14.8 Å². The molecule has 0 spiro atoms. The van der Waals surface area contributed by atoms with Crippen molar-refractivity contribution in [2.75, 3.05) is 33.3 Å². The van der Waals surface area contributed by atoms with E-state index in [1.165, 1.54) is 4.31 Å². The Hall–Kier alpha value is -2.91. The minimum Gasteiger partial charge on any atom is -0.497 e. The van der Waals surface area contributed by atoms with Gasteiger partial charge in [-0.2, -0.15) is 4.31 Å². The molecule has 1 heterocycles. The van der Waals surface area contributed by atoms with Gasteiger partial charge in [0, 0.05) is 31.7 Å². The lowest BCUT2D eigenvalue weighted by atomic mass is 9.89. The highest BCUT2D eigenvalue weighted by molar-refractivity contribution is 7.89. The smallest absolute Gasteiger partial charge is 0.251 e. The first-order valence-electron chi connectivity index (χ1n) is 12.0. The first-order valence-corrected chi connectivity index (χ1v) is 13.5. The van der Waals surface area contributed by atoms with Gasteiger partial charge < -0.3 is 15.0 Å². The quantitative estimate of drug-likeness (QED) is 0.570. The third-order valence-electron chi connectivity index (χ3n) is 6.61. The van der Waals surface area contributed by atoms with Crippen molar-refractivity contribution in [2.45, 2.75) is 44.6 Å². The number of sulfonamides is 1. The number of ether oxygens (including phenoxy) is 1. The fourth-order valence-electron chi connectivity index (χ4n) is 4.39. The third-order valence-corrected chi connectivity index (χ3v) is 8.52. The van der Waals surface area contributed by atoms with Crippen LogP contribution in [0.3, 0.4) is 0 Å². The summed E-state index contributed by atoms with van der Waals surface area (Å²) in [6.45, 7) is 7.37. The summed E-state index contributed by atoms with van der Waals surface area (Å²) in [6, 6.07) is 12.8. The summed E-state index contributed by atoms with van der Waals surface area (Å²) in [6.07, 6.45) is 0.956. The maximum atomic E-state index is 13.4. The van der Waals surface area contributed by atoms with E-state index in [1.807, 2.05) is 20.8 Å². The molecule has 1 unspecified atom stereocenters. The number of likely N-dealkylation sites (N-methyl/N-ethyl adjacent to an activating group) is 1. The molecule has 0 saturated carbocycles. The zero-order chi connectivity index (χ0) is 25.6. The maximum Gasteiger partial charge on any atom is 0.251 e. The number of nitrogens with one attached hydrogen (secondary N) is 1. The number of hydrogen-bond donors (Lipinski definition) is 1. The molecule has 1 N–H and O–H groups in total. The molecule has 0 aliphatic carbocycles. The van der Waals surface area contributed by atoms with E-state index in [-0.39, 0.29) is 22.6 Å². The molecule has 8 nitrogen and oxygen atoms in total. The summed E-state index contributed by atoms with van der Waals surface area (Å²) in [7, 11) is -2.05. The molecule has 1 atom stereocenters. The number of hydrogen-bond acceptors (Lipinski definition) is 5. The molecular formula is C26H35N3O5S. The van der Waals surface area contributed by atoms with Crippen LogP contribution in [0, 0.1) is 12.8 Å². The molecule has 35 heavy (non-hydrogen) atoms. The van der Waals surface area contributed by atoms with Crippen molar-refractivity contribution in [3.63, 3.8) is 0 Å². The SMILES string of the molecule is CCN(CC)C(=O)C(NC(=O)c1ccc(OC)cc1)C1CCN(S(=O)(=O)c2ccc(C)cc2)CC1.